The molecule has 0 heterocycles. The Labute approximate surface area is 79.5 Å². The molecule has 1 aromatic rings. The number of hydrogen-bond donors (Lipinski definition) is 1. The van der Waals surface area contributed by atoms with Crippen LogP contribution in [0.15, 0.2) is 12.1 Å². The molecule has 0 unspecified atom stereocenters. The predicted octanol–water partition coefficient (Wildman–Crippen LogP) is 3.44. The Morgan fingerprint density at radius 1 is 1.27 bits per heavy atom. The molecular formula is C7H5Cl3O. The third-order valence-electron chi connectivity index (χ3n) is 1.25. The van der Waals surface area contributed by atoms with E-state index in [1.807, 2.05) is 0 Å². The minimum absolute atomic E-state index is 0.00562. The fourth-order valence-electron chi connectivity index (χ4n) is 0.721. The molecule has 0 saturated heterocycles. The highest BCUT2D eigenvalue weighted by Gasteiger charge is 2.05. The number of phenols is 1. The summed E-state index contributed by atoms with van der Waals surface area (Å²) in [6.45, 7) is 0. The third-order valence-corrected chi connectivity index (χ3v) is 2.05. The Morgan fingerprint density at radius 2 is 1.91 bits per heavy atom. The van der Waals surface area contributed by atoms with Crippen molar-refractivity contribution < 1.29 is 5.11 Å². The van der Waals surface area contributed by atoms with Gasteiger partial charge in [-0.2, -0.15) is 0 Å². The van der Waals surface area contributed by atoms with Gasteiger partial charge in [0.05, 0.1) is 10.9 Å². The van der Waals surface area contributed by atoms with E-state index in [4.69, 9.17) is 34.8 Å². The van der Waals surface area contributed by atoms with Gasteiger partial charge in [-0.25, -0.2) is 0 Å². The zero-order valence-corrected chi connectivity index (χ0v) is 7.71. The van der Waals surface area contributed by atoms with E-state index < -0.39 is 0 Å². The zero-order valence-electron chi connectivity index (χ0n) is 5.44. The van der Waals surface area contributed by atoms with Crippen molar-refractivity contribution in [3.63, 3.8) is 0 Å². The highest BCUT2D eigenvalue weighted by atomic mass is 35.5. The Bertz CT molecular complexity index is 273. The van der Waals surface area contributed by atoms with Gasteiger partial charge in [0.2, 0.25) is 0 Å². The molecule has 0 radical (unpaired) electrons. The van der Waals surface area contributed by atoms with Crippen LogP contribution in [0.1, 0.15) is 5.56 Å². The summed E-state index contributed by atoms with van der Waals surface area (Å²) in [4.78, 5) is 0. The molecule has 11 heavy (non-hydrogen) atoms. The Hall–Kier alpha value is -0.110. The minimum atomic E-state index is 0.00562. The van der Waals surface area contributed by atoms with Crippen LogP contribution in [0.5, 0.6) is 5.75 Å². The molecule has 0 aliphatic carbocycles. The monoisotopic (exact) mass is 210 g/mol. The lowest BCUT2D eigenvalue weighted by molar-refractivity contribution is 0.471. The van der Waals surface area contributed by atoms with Crippen LogP contribution in [0, 0.1) is 0 Å². The number of alkyl halides is 1. The molecule has 0 bridgehead atoms. The standard InChI is InChI=1S/C7H5Cl3O/c8-3-4-1-5(9)2-6(10)7(4)11/h1-2,11H,3H2. The Balaban J connectivity index is 3.24. The molecule has 0 aliphatic rings. The van der Waals surface area contributed by atoms with E-state index in [0.29, 0.717) is 10.6 Å². The van der Waals surface area contributed by atoms with Crippen LogP contribution in [0.4, 0.5) is 0 Å². The fourth-order valence-corrected chi connectivity index (χ4v) is 1.46. The molecule has 4 heteroatoms. The highest BCUT2D eigenvalue weighted by molar-refractivity contribution is 6.35. The molecule has 0 atom stereocenters. The first-order chi connectivity index (χ1) is 5.15. The maximum atomic E-state index is 9.25. The molecular weight excluding hydrogens is 206 g/mol. The molecule has 1 aromatic carbocycles. The van der Waals surface area contributed by atoms with Crippen molar-refractivity contribution in [3.8, 4) is 5.75 Å². The summed E-state index contributed by atoms with van der Waals surface area (Å²) < 4.78 is 0. The second kappa shape index (κ2) is 3.53. The van der Waals surface area contributed by atoms with Gasteiger partial charge in [0.1, 0.15) is 5.75 Å². The van der Waals surface area contributed by atoms with Gasteiger partial charge in [-0.15, -0.1) is 11.6 Å². The van der Waals surface area contributed by atoms with E-state index in [0.717, 1.165) is 0 Å². The molecule has 0 spiro atoms. The normalized spacial score (nSPS) is 10.1. The van der Waals surface area contributed by atoms with Gasteiger partial charge < -0.3 is 5.11 Å². The highest BCUT2D eigenvalue weighted by Crippen LogP contribution is 2.31. The van der Waals surface area contributed by atoms with Crippen molar-refractivity contribution in [2.24, 2.45) is 0 Å². The molecule has 1 nitrogen and oxygen atoms in total. The number of halogens is 3. The lowest BCUT2D eigenvalue weighted by Crippen LogP contribution is -1.80. The van der Waals surface area contributed by atoms with Crippen LogP contribution in [0.25, 0.3) is 0 Å². The SMILES string of the molecule is Oc1c(Cl)cc(Cl)cc1CCl. The summed E-state index contributed by atoms with van der Waals surface area (Å²) in [5.74, 6) is 0.206. The molecule has 0 saturated carbocycles. The van der Waals surface area contributed by atoms with Crippen LogP contribution < -0.4 is 0 Å². The minimum Gasteiger partial charge on any atom is -0.506 e. The second-order valence-electron chi connectivity index (χ2n) is 2.03. The van der Waals surface area contributed by atoms with E-state index in [2.05, 4.69) is 0 Å². The molecule has 60 valence electrons. The summed E-state index contributed by atoms with van der Waals surface area (Å²) in [5.41, 5.74) is 0.546. The second-order valence-corrected chi connectivity index (χ2v) is 3.14. The number of aromatic hydroxyl groups is 1. The van der Waals surface area contributed by atoms with Gasteiger partial charge in [-0.05, 0) is 12.1 Å². The summed E-state index contributed by atoms with van der Waals surface area (Å²) >= 11 is 16.8. The van der Waals surface area contributed by atoms with E-state index in [1.165, 1.54) is 6.07 Å². The molecule has 1 N–H and O–H groups in total. The number of hydrogen-bond acceptors (Lipinski definition) is 1. The van der Waals surface area contributed by atoms with E-state index in [9.17, 15) is 5.11 Å². The quantitative estimate of drug-likeness (QED) is 0.706. The van der Waals surface area contributed by atoms with Crippen molar-refractivity contribution >= 4 is 34.8 Å². The first kappa shape index (κ1) is 8.98. The first-order valence-corrected chi connectivity index (χ1v) is 4.17. The van der Waals surface area contributed by atoms with Gasteiger partial charge in [-0.1, -0.05) is 23.2 Å². The summed E-state index contributed by atoms with van der Waals surface area (Å²) in [6, 6.07) is 3.05. The van der Waals surface area contributed by atoms with Gasteiger partial charge in [0, 0.05) is 10.6 Å². The zero-order chi connectivity index (χ0) is 8.43. The number of benzene rings is 1. The molecule has 0 aliphatic heterocycles. The molecule has 0 fully saturated rings. The molecule has 0 aromatic heterocycles. The maximum absolute atomic E-state index is 9.25. The summed E-state index contributed by atoms with van der Waals surface area (Å²) in [7, 11) is 0. The maximum Gasteiger partial charge on any atom is 0.138 e. The van der Waals surface area contributed by atoms with Crippen molar-refractivity contribution in [1.29, 1.82) is 0 Å². The van der Waals surface area contributed by atoms with Gasteiger partial charge in [-0.3, -0.25) is 0 Å². The van der Waals surface area contributed by atoms with Gasteiger partial charge in [0.15, 0.2) is 0 Å². The van der Waals surface area contributed by atoms with Crippen LogP contribution in [0.3, 0.4) is 0 Å². The van der Waals surface area contributed by atoms with E-state index in [-0.39, 0.29) is 16.7 Å². The summed E-state index contributed by atoms with van der Waals surface area (Å²) in [5, 5.41) is 9.95. The average molecular weight is 211 g/mol. The average Bonchev–Trinajstić information content (AvgIpc) is 1.96. The van der Waals surface area contributed by atoms with E-state index in [1.54, 1.807) is 6.07 Å². The Kier molecular flexibility index (Phi) is 2.88. The topological polar surface area (TPSA) is 20.2 Å². The van der Waals surface area contributed by atoms with Gasteiger partial charge >= 0.3 is 0 Å². The van der Waals surface area contributed by atoms with Crippen molar-refractivity contribution in [2.75, 3.05) is 0 Å². The lowest BCUT2D eigenvalue weighted by atomic mass is 10.2. The van der Waals surface area contributed by atoms with Crippen molar-refractivity contribution in [3.05, 3.63) is 27.7 Å². The summed E-state index contributed by atoms with van der Waals surface area (Å²) in [6.07, 6.45) is 0. The number of phenolic OH excluding ortho intramolecular Hbond substituents is 1. The van der Waals surface area contributed by atoms with Crippen LogP contribution >= 0.6 is 34.8 Å². The van der Waals surface area contributed by atoms with Crippen LogP contribution in [-0.2, 0) is 5.88 Å². The molecule has 1 rings (SSSR count). The van der Waals surface area contributed by atoms with Crippen molar-refractivity contribution in [1.82, 2.24) is 0 Å². The van der Waals surface area contributed by atoms with Crippen LogP contribution in [0.2, 0.25) is 10.0 Å². The van der Waals surface area contributed by atoms with Crippen LogP contribution in [-0.4, -0.2) is 5.11 Å². The Morgan fingerprint density at radius 3 is 2.45 bits per heavy atom. The first-order valence-electron chi connectivity index (χ1n) is 2.88. The number of rotatable bonds is 1. The smallest absolute Gasteiger partial charge is 0.138 e. The third kappa shape index (κ3) is 1.92. The van der Waals surface area contributed by atoms with E-state index >= 15 is 0 Å². The fraction of sp³-hybridized carbons (Fsp3) is 0.143. The lowest BCUT2D eigenvalue weighted by Gasteiger charge is -2.02. The van der Waals surface area contributed by atoms with Gasteiger partial charge in [0.25, 0.3) is 0 Å². The predicted molar refractivity (Wildman–Crippen MR) is 47.7 cm³/mol. The molecule has 0 amide bonds. The largest absolute Gasteiger partial charge is 0.506 e. The van der Waals surface area contributed by atoms with Crippen molar-refractivity contribution in [2.45, 2.75) is 5.88 Å².